The summed E-state index contributed by atoms with van der Waals surface area (Å²) in [5.74, 6) is -0.581. The minimum Gasteiger partial charge on any atom is -0.461 e. The number of aromatic amines is 1. The number of carbonyl (C=O) groups is 2. The van der Waals surface area contributed by atoms with Gasteiger partial charge in [0.1, 0.15) is 30.0 Å². The number of rotatable bonds is 8. The maximum absolute atomic E-state index is 13.0. The van der Waals surface area contributed by atoms with Crippen molar-refractivity contribution in [2.24, 2.45) is 0 Å². The number of halogens is 1. The lowest BCUT2D eigenvalue weighted by Gasteiger charge is -2.18. The Balaban J connectivity index is 1.26. The summed E-state index contributed by atoms with van der Waals surface area (Å²) in [5, 5.41) is 5.82. The molecule has 1 aromatic heterocycles. The molecule has 0 saturated carbocycles. The average Bonchev–Trinajstić information content (AvgIpc) is 3.51. The zero-order valence-corrected chi connectivity index (χ0v) is 20.8. The van der Waals surface area contributed by atoms with Crippen LogP contribution >= 0.6 is 15.9 Å². The highest BCUT2D eigenvalue weighted by Gasteiger charge is 2.26. The highest BCUT2D eigenvalue weighted by Crippen LogP contribution is 2.20. The van der Waals surface area contributed by atoms with E-state index in [-0.39, 0.29) is 19.6 Å². The lowest BCUT2D eigenvalue weighted by atomic mass is 10.1. The smallest absolute Gasteiger partial charge is 0.408 e. The van der Waals surface area contributed by atoms with Crippen molar-refractivity contribution in [2.75, 3.05) is 6.61 Å². The third-order valence-corrected chi connectivity index (χ3v) is 6.32. The minimum atomic E-state index is -0.949. The van der Waals surface area contributed by atoms with Gasteiger partial charge >= 0.3 is 12.1 Å². The normalized spacial score (nSPS) is 15.8. The number of amides is 1. The maximum Gasteiger partial charge on any atom is 0.408 e. The Morgan fingerprint density at radius 3 is 2.67 bits per heavy atom. The molecule has 184 valence electrons. The molecule has 4 aromatic rings. The first-order valence-corrected chi connectivity index (χ1v) is 12.3. The zero-order chi connectivity index (χ0) is 24.9. The number of hydroxylamine groups is 1. The molecule has 0 bridgehead atoms. The number of esters is 1. The molecular weight excluding hydrogens is 526 g/mol. The van der Waals surface area contributed by atoms with Gasteiger partial charge in [0.2, 0.25) is 0 Å². The molecule has 1 amide bonds. The molecule has 5 rings (SSSR count). The van der Waals surface area contributed by atoms with Crippen molar-refractivity contribution in [2.45, 2.75) is 25.2 Å². The fourth-order valence-electron chi connectivity index (χ4n) is 4.09. The predicted octanol–water partition coefficient (Wildman–Crippen LogP) is 4.84. The molecule has 9 heteroatoms. The fourth-order valence-corrected chi connectivity index (χ4v) is 4.47. The summed E-state index contributed by atoms with van der Waals surface area (Å²) in [4.78, 5) is 34.1. The highest BCUT2D eigenvalue weighted by molar-refractivity contribution is 9.11. The Morgan fingerprint density at radius 1 is 1.03 bits per heavy atom. The molecule has 0 saturated heterocycles. The van der Waals surface area contributed by atoms with E-state index in [2.05, 4.69) is 31.7 Å². The molecule has 2 atom stereocenters. The number of nitrogens with one attached hydrogen (secondary N) is 3. The number of alkyl carbamates (subject to hydrolysis) is 1. The molecule has 1 aliphatic heterocycles. The second kappa shape index (κ2) is 10.8. The fraction of sp³-hybridized carbons (Fsp3) is 0.185. The van der Waals surface area contributed by atoms with Gasteiger partial charge in [0.25, 0.3) is 0 Å². The summed E-state index contributed by atoms with van der Waals surface area (Å²) in [5.41, 5.74) is 5.32. The Morgan fingerprint density at radius 2 is 1.83 bits per heavy atom. The summed E-state index contributed by atoms with van der Waals surface area (Å²) >= 11 is 3.27. The van der Waals surface area contributed by atoms with Crippen LogP contribution in [-0.2, 0) is 32.1 Å². The van der Waals surface area contributed by atoms with Gasteiger partial charge in [-0.1, -0.05) is 54.6 Å². The summed E-state index contributed by atoms with van der Waals surface area (Å²) in [6.07, 6.45) is 2.67. The number of benzene rings is 3. The summed E-state index contributed by atoms with van der Waals surface area (Å²) in [7, 11) is 0. The number of aromatic nitrogens is 1. The summed E-state index contributed by atoms with van der Waals surface area (Å²) in [6, 6.07) is 20.6. The van der Waals surface area contributed by atoms with Crippen molar-refractivity contribution in [1.29, 1.82) is 0 Å². The molecule has 3 aromatic carbocycles. The molecule has 1 aliphatic rings. The van der Waals surface area contributed by atoms with Crippen LogP contribution in [0, 0.1) is 0 Å². The Labute approximate surface area is 215 Å². The van der Waals surface area contributed by atoms with Gasteiger partial charge in [0, 0.05) is 23.5 Å². The molecule has 36 heavy (non-hydrogen) atoms. The number of hydrogen-bond acceptors (Lipinski definition) is 6. The van der Waals surface area contributed by atoms with Gasteiger partial charge in [-0.05, 0) is 56.0 Å². The zero-order valence-electron chi connectivity index (χ0n) is 19.2. The minimum absolute atomic E-state index is 0.000858. The van der Waals surface area contributed by atoms with Crippen LogP contribution in [0.25, 0.3) is 21.7 Å². The van der Waals surface area contributed by atoms with E-state index in [9.17, 15) is 9.59 Å². The number of para-hydroxylation sites is 1. The molecular formula is C27H24BrN3O5. The Bertz CT molecular complexity index is 1430. The van der Waals surface area contributed by atoms with Crippen LogP contribution in [0.1, 0.15) is 11.1 Å². The van der Waals surface area contributed by atoms with Crippen LogP contribution in [0.4, 0.5) is 4.79 Å². The van der Waals surface area contributed by atoms with E-state index in [0.717, 1.165) is 32.8 Å². The summed E-state index contributed by atoms with van der Waals surface area (Å²) in [6.45, 7) is 0.0745. The molecule has 8 nitrogen and oxygen atoms in total. The molecule has 3 N–H and O–H groups in total. The van der Waals surface area contributed by atoms with E-state index in [0.29, 0.717) is 4.61 Å². The van der Waals surface area contributed by atoms with Gasteiger partial charge in [0.15, 0.2) is 0 Å². The largest absolute Gasteiger partial charge is 0.461 e. The van der Waals surface area contributed by atoms with E-state index in [1.165, 1.54) is 0 Å². The average molecular weight is 550 g/mol. The van der Waals surface area contributed by atoms with Crippen molar-refractivity contribution in [3.8, 4) is 0 Å². The highest BCUT2D eigenvalue weighted by atomic mass is 79.9. The van der Waals surface area contributed by atoms with Crippen LogP contribution < -0.4 is 10.8 Å². The van der Waals surface area contributed by atoms with Crippen LogP contribution in [0.5, 0.6) is 0 Å². The van der Waals surface area contributed by atoms with Crippen LogP contribution in [0.2, 0.25) is 0 Å². The van der Waals surface area contributed by atoms with Gasteiger partial charge < -0.3 is 19.8 Å². The topological polar surface area (TPSA) is 102 Å². The van der Waals surface area contributed by atoms with Crippen molar-refractivity contribution < 1.29 is 23.9 Å². The van der Waals surface area contributed by atoms with E-state index < -0.39 is 24.2 Å². The second-order valence-electron chi connectivity index (χ2n) is 8.42. The van der Waals surface area contributed by atoms with Gasteiger partial charge in [-0.2, -0.15) is 0 Å². The quantitative estimate of drug-likeness (QED) is 0.215. The SMILES string of the molecule is O=C(N[C@@H](Cc1c[nH]c2ccccc12)C(=O)OC[C@@H]1C=C(Br)NO1)OCc1ccc2ccccc2c1. The predicted molar refractivity (Wildman–Crippen MR) is 139 cm³/mol. The first-order chi connectivity index (χ1) is 17.5. The Kier molecular flexibility index (Phi) is 7.20. The van der Waals surface area contributed by atoms with Gasteiger partial charge in [-0.3, -0.25) is 10.3 Å². The van der Waals surface area contributed by atoms with Crippen LogP contribution in [-0.4, -0.2) is 35.8 Å². The number of H-pyrrole nitrogens is 1. The Hall–Kier alpha value is -3.82. The molecule has 0 fully saturated rings. The van der Waals surface area contributed by atoms with Crippen molar-refractivity contribution in [1.82, 2.24) is 15.8 Å². The van der Waals surface area contributed by atoms with E-state index >= 15 is 0 Å². The molecule has 2 heterocycles. The molecule has 0 radical (unpaired) electrons. The van der Waals surface area contributed by atoms with Crippen LogP contribution in [0.15, 0.2) is 83.6 Å². The first-order valence-electron chi connectivity index (χ1n) is 11.5. The maximum atomic E-state index is 13.0. The van der Waals surface area contributed by atoms with Crippen molar-refractivity contribution in [3.05, 3.63) is 94.7 Å². The van der Waals surface area contributed by atoms with E-state index in [1.807, 2.05) is 72.9 Å². The van der Waals surface area contributed by atoms with Gasteiger partial charge in [-0.25, -0.2) is 9.59 Å². The molecule has 0 unspecified atom stereocenters. The third kappa shape index (κ3) is 5.69. The lowest BCUT2D eigenvalue weighted by molar-refractivity contribution is -0.149. The third-order valence-electron chi connectivity index (χ3n) is 5.89. The van der Waals surface area contributed by atoms with Crippen molar-refractivity contribution >= 4 is 49.7 Å². The lowest BCUT2D eigenvalue weighted by Crippen LogP contribution is -2.44. The second-order valence-corrected chi connectivity index (χ2v) is 9.28. The van der Waals surface area contributed by atoms with Gasteiger partial charge in [0.05, 0.1) is 0 Å². The standard InChI is InChI=1S/C27H24BrN3O5/c28-25-13-21(36-31-25)16-34-26(32)24(12-20-14-29-23-8-4-3-7-22(20)23)30-27(33)35-15-17-9-10-18-5-1-2-6-19(18)11-17/h1-11,13-14,21,24,29,31H,12,15-16H2,(H,30,33)/t21-,24-/m0/s1. The van der Waals surface area contributed by atoms with Gasteiger partial charge in [-0.15, -0.1) is 0 Å². The molecule has 0 aliphatic carbocycles. The number of ether oxygens (including phenoxy) is 2. The number of hydrogen-bond donors (Lipinski definition) is 3. The van der Waals surface area contributed by atoms with Crippen LogP contribution in [0.3, 0.4) is 0 Å². The van der Waals surface area contributed by atoms with E-state index in [4.69, 9.17) is 14.3 Å². The first kappa shape index (κ1) is 23.9. The number of fused-ring (bicyclic) bond motifs is 2. The summed E-state index contributed by atoms with van der Waals surface area (Å²) < 4.78 is 11.6. The van der Waals surface area contributed by atoms with Crippen molar-refractivity contribution in [3.63, 3.8) is 0 Å². The molecule has 0 spiro atoms. The monoisotopic (exact) mass is 549 g/mol. The van der Waals surface area contributed by atoms with E-state index in [1.54, 1.807) is 6.08 Å². The number of carbonyl (C=O) groups excluding carboxylic acids is 2.